The average Bonchev–Trinajstić information content (AvgIpc) is 2.74. The van der Waals surface area contributed by atoms with E-state index in [2.05, 4.69) is 29.9 Å². The Kier molecular flexibility index (Phi) is 4.86. The van der Waals surface area contributed by atoms with E-state index < -0.39 is 0 Å². The molecule has 0 bridgehead atoms. The Hall–Kier alpha value is -3.51. The fraction of sp³-hybridized carbons (Fsp3) is 0. The van der Waals surface area contributed by atoms with Crippen LogP contribution in [0.3, 0.4) is 0 Å². The van der Waals surface area contributed by atoms with Gasteiger partial charge in [0.2, 0.25) is 0 Å². The van der Waals surface area contributed by atoms with Gasteiger partial charge < -0.3 is 10.2 Å². The van der Waals surface area contributed by atoms with Crippen LogP contribution >= 0.6 is 0 Å². The van der Waals surface area contributed by atoms with Crippen LogP contribution in [0.4, 0.5) is 0 Å². The first-order valence-corrected chi connectivity index (χ1v) is 8.40. The minimum Gasteiger partial charge on any atom is -0.506 e. The Morgan fingerprint density at radius 1 is 0.586 bits per heavy atom. The van der Waals surface area contributed by atoms with Crippen molar-refractivity contribution in [1.29, 1.82) is 0 Å². The first-order valence-electron chi connectivity index (χ1n) is 8.40. The Balaban J connectivity index is 0.00000205. The molecule has 0 radical (unpaired) electrons. The standard InChI is InChI=1S/C20H12N6O2.Pt/c27-15-9-21-5-3-13(15)19-23-7-11-1-2-12-8-24-20(26-18(12)17(11)25-19)14-4-6-22-10-16(14)28;/h1-10,27-28H;. The van der Waals surface area contributed by atoms with Gasteiger partial charge >= 0.3 is 0 Å². The van der Waals surface area contributed by atoms with Crippen molar-refractivity contribution in [1.82, 2.24) is 29.9 Å². The molecule has 4 aromatic heterocycles. The van der Waals surface area contributed by atoms with Crippen LogP contribution in [0.15, 0.2) is 61.4 Å². The molecule has 5 aromatic rings. The van der Waals surface area contributed by atoms with E-state index >= 15 is 0 Å². The van der Waals surface area contributed by atoms with Gasteiger partial charge in [0.15, 0.2) is 11.6 Å². The maximum atomic E-state index is 10.1. The van der Waals surface area contributed by atoms with Crippen molar-refractivity contribution in [3.63, 3.8) is 0 Å². The summed E-state index contributed by atoms with van der Waals surface area (Å²) in [7, 11) is 0. The number of fused-ring (bicyclic) bond motifs is 3. The summed E-state index contributed by atoms with van der Waals surface area (Å²) in [5.74, 6) is 0.733. The summed E-state index contributed by atoms with van der Waals surface area (Å²) in [4.78, 5) is 25.7. The van der Waals surface area contributed by atoms with Gasteiger partial charge in [0.05, 0.1) is 23.5 Å². The van der Waals surface area contributed by atoms with Crippen LogP contribution in [-0.4, -0.2) is 40.1 Å². The molecule has 4 heterocycles. The molecule has 0 spiro atoms. The second-order valence-corrected chi connectivity index (χ2v) is 6.11. The summed E-state index contributed by atoms with van der Waals surface area (Å²) in [5, 5.41) is 21.7. The van der Waals surface area contributed by atoms with Crippen LogP contribution in [0.5, 0.6) is 11.5 Å². The summed E-state index contributed by atoms with van der Waals surface area (Å²) in [6, 6.07) is 7.08. The molecule has 9 heteroatoms. The number of aromatic nitrogens is 6. The maximum Gasteiger partial charge on any atom is 0.163 e. The van der Waals surface area contributed by atoms with Crippen molar-refractivity contribution >= 4 is 21.8 Å². The molecule has 0 saturated heterocycles. The molecule has 5 rings (SSSR count). The monoisotopic (exact) mass is 563 g/mol. The van der Waals surface area contributed by atoms with Crippen molar-refractivity contribution < 1.29 is 31.3 Å². The molecule has 144 valence electrons. The summed E-state index contributed by atoms with van der Waals surface area (Å²) in [6.45, 7) is 0. The predicted octanol–water partition coefficient (Wildman–Crippen LogP) is 3.11. The zero-order valence-corrected chi connectivity index (χ0v) is 16.9. The van der Waals surface area contributed by atoms with Gasteiger partial charge in [-0.05, 0) is 12.1 Å². The minimum atomic E-state index is -0.000825. The first-order chi connectivity index (χ1) is 13.7. The van der Waals surface area contributed by atoms with Gasteiger partial charge in [-0.1, -0.05) is 12.1 Å². The zero-order chi connectivity index (χ0) is 19.1. The van der Waals surface area contributed by atoms with E-state index in [0.29, 0.717) is 33.8 Å². The van der Waals surface area contributed by atoms with Crippen LogP contribution in [0.25, 0.3) is 44.6 Å². The van der Waals surface area contributed by atoms with Gasteiger partial charge in [0, 0.05) is 56.6 Å². The molecule has 0 saturated carbocycles. The second-order valence-electron chi connectivity index (χ2n) is 6.11. The Bertz CT molecular complexity index is 1260. The topological polar surface area (TPSA) is 118 Å². The van der Waals surface area contributed by atoms with Crippen LogP contribution in [0, 0.1) is 0 Å². The van der Waals surface area contributed by atoms with E-state index in [1.54, 1.807) is 36.9 Å². The molecular formula is C20H12N6O2Pt. The molecule has 0 aliphatic heterocycles. The third kappa shape index (κ3) is 3.28. The second kappa shape index (κ2) is 7.48. The molecule has 0 amide bonds. The van der Waals surface area contributed by atoms with Gasteiger partial charge in [-0.15, -0.1) is 0 Å². The smallest absolute Gasteiger partial charge is 0.163 e. The third-order valence-corrected chi connectivity index (χ3v) is 4.38. The molecule has 0 unspecified atom stereocenters. The van der Waals surface area contributed by atoms with Crippen LogP contribution in [-0.2, 0) is 21.1 Å². The summed E-state index contributed by atoms with van der Waals surface area (Å²) < 4.78 is 0. The average molecular weight is 563 g/mol. The molecule has 29 heavy (non-hydrogen) atoms. The maximum absolute atomic E-state index is 10.1. The van der Waals surface area contributed by atoms with Gasteiger partial charge in [-0.2, -0.15) is 0 Å². The van der Waals surface area contributed by atoms with Crippen LogP contribution in [0.1, 0.15) is 0 Å². The number of rotatable bonds is 2. The molecule has 8 nitrogen and oxygen atoms in total. The van der Waals surface area contributed by atoms with Crippen molar-refractivity contribution in [3.05, 3.63) is 61.4 Å². The fourth-order valence-corrected chi connectivity index (χ4v) is 3.00. The Labute approximate surface area is 178 Å². The van der Waals surface area contributed by atoms with Crippen LogP contribution < -0.4 is 0 Å². The van der Waals surface area contributed by atoms with Crippen molar-refractivity contribution in [2.24, 2.45) is 0 Å². The molecule has 0 aliphatic carbocycles. The first kappa shape index (κ1) is 18.8. The number of hydrogen-bond donors (Lipinski definition) is 2. The molecule has 0 aliphatic rings. The summed E-state index contributed by atoms with van der Waals surface area (Å²) >= 11 is 0. The van der Waals surface area contributed by atoms with Crippen LogP contribution in [0.2, 0.25) is 0 Å². The van der Waals surface area contributed by atoms with Crippen molar-refractivity contribution in [2.45, 2.75) is 0 Å². The third-order valence-electron chi connectivity index (χ3n) is 4.38. The molecule has 1 aromatic carbocycles. The van der Waals surface area contributed by atoms with Crippen molar-refractivity contribution in [2.75, 3.05) is 0 Å². The zero-order valence-electron chi connectivity index (χ0n) is 14.7. The molecular weight excluding hydrogens is 551 g/mol. The van der Waals surface area contributed by atoms with Gasteiger partial charge in [0.25, 0.3) is 0 Å². The number of nitrogens with zero attached hydrogens (tertiary/aromatic N) is 6. The van der Waals surface area contributed by atoms with E-state index in [0.717, 1.165) is 10.8 Å². The molecule has 0 fully saturated rings. The van der Waals surface area contributed by atoms with E-state index in [4.69, 9.17) is 0 Å². The van der Waals surface area contributed by atoms with Crippen molar-refractivity contribution in [3.8, 4) is 34.3 Å². The number of pyridine rings is 2. The van der Waals surface area contributed by atoms with Gasteiger partial charge in [-0.3, -0.25) is 9.97 Å². The molecule has 2 N–H and O–H groups in total. The largest absolute Gasteiger partial charge is 0.506 e. The fourth-order valence-electron chi connectivity index (χ4n) is 3.00. The van der Waals surface area contributed by atoms with Gasteiger partial charge in [0.1, 0.15) is 22.5 Å². The Morgan fingerprint density at radius 2 is 1.03 bits per heavy atom. The quantitative estimate of drug-likeness (QED) is 0.315. The summed E-state index contributed by atoms with van der Waals surface area (Å²) in [5.41, 5.74) is 2.21. The van der Waals surface area contributed by atoms with E-state index in [1.165, 1.54) is 12.4 Å². The van der Waals surface area contributed by atoms with Gasteiger partial charge in [-0.25, -0.2) is 19.9 Å². The summed E-state index contributed by atoms with van der Waals surface area (Å²) in [6.07, 6.45) is 9.19. The number of hydrogen-bond acceptors (Lipinski definition) is 8. The Morgan fingerprint density at radius 3 is 1.45 bits per heavy atom. The normalized spacial score (nSPS) is 10.8. The molecule has 0 atom stereocenters. The number of benzene rings is 1. The van der Waals surface area contributed by atoms with E-state index in [9.17, 15) is 10.2 Å². The van der Waals surface area contributed by atoms with E-state index in [-0.39, 0.29) is 32.6 Å². The SMILES string of the molecule is Oc1cnccc1-c1ncc2ccc3cnc(-c4ccncc4O)nc3c2n1.[Pt]. The predicted molar refractivity (Wildman–Crippen MR) is 102 cm³/mol. The van der Waals surface area contributed by atoms with E-state index in [1.807, 2.05) is 12.1 Å². The number of aromatic hydroxyl groups is 2. The minimum absolute atomic E-state index is 0.